The van der Waals surface area contributed by atoms with Gasteiger partial charge in [-0.3, -0.25) is 0 Å². The van der Waals surface area contributed by atoms with Crippen molar-refractivity contribution in [2.45, 2.75) is 39.7 Å². The van der Waals surface area contributed by atoms with Crippen molar-refractivity contribution < 1.29 is 9.26 Å². The predicted molar refractivity (Wildman–Crippen MR) is 112 cm³/mol. The number of nitrogens with zero attached hydrogens (tertiary/aromatic N) is 3. The van der Waals surface area contributed by atoms with Gasteiger partial charge >= 0.3 is 0 Å². The summed E-state index contributed by atoms with van der Waals surface area (Å²) in [6, 6.07) is 15.3. The summed E-state index contributed by atoms with van der Waals surface area (Å²) >= 11 is 0. The van der Waals surface area contributed by atoms with Gasteiger partial charge in [0.1, 0.15) is 11.8 Å². The van der Waals surface area contributed by atoms with Crippen molar-refractivity contribution in [3.63, 3.8) is 0 Å². The van der Waals surface area contributed by atoms with Crippen molar-refractivity contribution in [2.24, 2.45) is 0 Å². The molecule has 1 aliphatic heterocycles. The third-order valence-corrected chi connectivity index (χ3v) is 4.48. The number of aromatic nitrogens is 2. The van der Waals surface area contributed by atoms with E-state index in [-0.39, 0.29) is 6.10 Å². The Morgan fingerprint density at radius 2 is 1.90 bits per heavy atom. The fourth-order valence-corrected chi connectivity index (χ4v) is 3.01. The van der Waals surface area contributed by atoms with Crippen LogP contribution in [0.5, 0.6) is 5.75 Å². The van der Waals surface area contributed by atoms with Gasteiger partial charge in [-0.15, -0.1) is 0 Å². The van der Waals surface area contributed by atoms with E-state index in [0.717, 1.165) is 11.1 Å². The quantitative estimate of drug-likeness (QED) is 0.693. The van der Waals surface area contributed by atoms with Gasteiger partial charge in [-0.25, -0.2) is 0 Å². The average Bonchev–Trinajstić information content (AvgIpc) is 3.43. The minimum atomic E-state index is -0.000914. The van der Waals surface area contributed by atoms with E-state index in [2.05, 4.69) is 21.5 Å². The maximum absolute atomic E-state index is 9.33. The molecule has 0 unspecified atom stereocenters. The summed E-state index contributed by atoms with van der Waals surface area (Å²) in [5.41, 5.74) is 3.13. The monoisotopic (exact) mass is 390 g/mol. The van der Waals surface area contributed by atoms with Gasteiger partial charge in [-0.2, -0.15) is 10.2 Å². The Balaban J connectivity index is 0.000000419. The van der Waals surface area contributed by atoms with E-state index in [4.69, 9.17) is 9.26 Å². The molecule has 1 N–H and O–H groups in total. The van der Waals surface area contributed by atoms with Gasteiger partial charge in [0.25, 0.3) is 5.89 Å². The molecule has 4 rings (SSSR count). The SMILES string of the molecule is C1CCNC1.Cc1ccccc1-c1noc(-c2ccc(OC(C)C)c(C#N)c2)n1. The molecule has 6 heteroatoms. The van der Waals surface area contributed by atoms with Crippen LogP contribution in [0, 0.1) is 18.3 Å². The molecule has 2 aromatic carbocycles. The molecule has 1 aromatic heterocycles. The molecule has 2 heterocycles. The molecule has 0 aliphatic carbocycles. The Hall–Kier alpha value is -3.17. The molecular weight excluding hydrogens is 364 g/mol. The second kappa shape index (κ2) is 9.85. The zero-order chi connectivity index (χ0) is 20.6. The second-order valence-electron chi connectivity index (χ2n) is 7.18. The number of nitriles is 1. The van der Waals surface area contributed by atoms with Crippen LogP contribution in [0.25, 0.3) is 22.8 Å². The fraction of sp³-hybridized carbons (Fsp3) is 0.348. The number of nitrogens with one attached hydrogen (secondary N) is 1. The lowest BCUT2D eigenvalue weighted by Gasteiger charge is -2.11. The van der Waals surface area contributed by atoms with E-state index >= 15 is 0 Å². The molecule has 0 bridgehead atoms. The first-order valence-corrected chi connectivity index (χ1v) is 9.90. The van der Waals surface area contributed by atoms with Gasteiger partial charge in [0.2, 0.25) is 5.82 Å². The van der Waals surface area contributed by atoms with Gasteiger partial charge in [-0.1, -0.05) is 29.4 Å². The van der Waals surface area contributed by atoms with E-state index in [1.54, 1.807) is 12.1 Å². The molecule has 0 atom stereocenters. The molecule has 0 radical (unpaired) electrons. The van der Waals surface area contributed by atoms with E-state index in [1.807, 2.05) is 51.1 Å². The predicted octanol–water partition coefficient (Wildman–Crippen LogP) is 4.74. The summed E-state index contributed by atoms with van der Waals surface area (Å²) in [6.07, 6.45) is 2.78. The summed E-state index contributed by atoms with van der Waals surface area (Å²) in [5.74, 6) is 1.46. The van der Waals surface area contributed by atoms with Crippen molar-refractivity contribution in [1.82, 2.24) is 15.5 Å². The van der Waals surface area contributed by atoms with Crippen molar-refractivity contribution in [1.29, 1.82) is 5.26 Å². The molecule has 1 aliphatic rings. The highest BCUT2D eigenvalue weighted by Crippen LogP contribution is 2.28. The van der Waals surface area contributed by atoms with Crippen LogP contribution >= 0.6 is 0 Å². The lowest BCUT2D eigenvalue weighted by molar-refractivity contribution is 0.242. The summed E-state index contributed by atoms with van der Waals surface area (Å²) < 4.78 is 11.0. The van der Waals surface area contributed by atoms with Crippen LogP contribution in [0.1, 0.15) is 37.8 Å². The summed E-state index contributed by atoms with van der Waals surface area (Å²) in [5, 5.41) is 16.6. The fourth-order valence-electron chi connectivity index (χ4n) is 3.01. The van der Waals surface area contributed by atoms with Crippen LogP contribution in [0.2, 0.25) is 0 Å². The van der Waals surface area contributed by atoms with Gasteiger partial charge in [-0.05, 0) is 70.5 Å². The first-order valence-electron chi connectivity index (χ1n) is 9.90. The molecule has 0 spiro atoms. The van der Waals surface area contributed by atoms with Gasteiger partial charge in [0.15, 0.2) is 0 Å². The Kier molecular flexibility index (Phi) is 6.99. The lowest BCUT2D eigenvalue weighted by atomic mass is 10.1. The number of benzene rings is 2. The number of hydrogen-bond donors (Lipinski definition) is 1. The lowest BCUT2D eigenvalue weighted by Crippen LogP contribution is -2.06. The van der Waals surface area contributed by atoms with Gasteiger partial charge in [0, 0.05) is 11.1 Å². The largest absolute Gasteiger partial charge is 0.490 e. The zero-order valence-electron chi connectivity index (χ0n) is 17.1. The first-order chi connectivity index (χ1) is 14.1. The molecular formula is C23H26N4O2. The Bertz CT molecular complexity index is 977. The maximum atomic E-state index is 9.33. The maximum Gasteiger partial charge on any atom is 0.258 e. The topological polar surface area (TPSA) is 84.0 Å². The van der Waals surface area contributed by atoms with Crippen LogP contribution in [0.3, 0.4) is 0 Å². The molecule has 150 valence electrons. The molecule has 6 nitrogen and oxygen atoms in total. The minimum absolute atomic E-state index is 0.000914. The van der Waals surface area contributed by atoms with Crippen LogP contribution < -0.4 is 10.1 Å². The minimum Gasteiger partial charge on any atom is -0.490 e. The van der Waals surface area contributed by atoms with E-state index in [0.29, 0.717) is 28.6 Å². The Morgan fingerprint density at radius 1 is 1.14 bits per heavy atom. The summed E-state index contributed by atoms with van der Waals surface area (Å²) in [7, 11) is 0. The number of hydrogen-bond acceptors (Lipinski definition) is 6. The zero-order valence-corrected chi connectivity index (χ0v) is 17.1. The van der Waals surface area contributed by atoms with E-state index < -0.39 is 0 Å². The third kappa shape index (κ3) is 5.43. The van der Waals surface area contributed by atoms with Crippen LogP contribution in [-0.4, -0.2) is 29.3 Å². The average molecular weight is 390 g/mol. The van der Waals surface area contributed by atoms with E-state index in [9.17, 15) is 5.26 Å². The van der Waals surface area contributed by atoms with Gasteiger partial charge < -0.3 is 14.6 Å². The molecule has 3 aromatic rings. The van der Waals surface area contributed by atoms with Crippen LogP contribution in [0.15, 0.2) is 47.0 Å². The number of rotatable bonds is 4. The summed E-state index contributed by atoms with van der Waals surface area (Å²) in [4.78, 5) is 4.45. The second-order valence-corrected chi connectivity index (χ2v) is 7.18. The van der Waals surface area contributed by atoms with Crippen molar-refractivity contribution >= 4 is 0 Å². The van der Waals surface area contributed by atoms with Crippen LogP contribution in [-0.2, 0) is 0 Å². The molecule has 1 saturated heterocycles. The van der Waals surface area contributed by atoms with Gasteiger partial charge in [0.05, 0.1) is 11.7 Å². The van der Waals surface area contributed by atoms with Crippen molar-refractivity contribution in [2.75, 3.05) is 13.1 Å². The standard InChI is InChI=1S/C19H17N3O2.C4H9N/c1-12(2)23-17-9-8-14(10-15(17)11-20)19-21-18(22-24-19)16-7-5-4-6-13(16)3;1-2-4-5-3-1/h4-10,12H,1-3H3;5H,1-4H2. The highest BCUT2D eigenvalue weighted by Gasteiger charge is 2.14. The molecule has 29 heavy (non-hydrogen) atoms. The normalized spacial score (nSPS) is 12.9. The highest BCUT2D eigenvalue weighted by atomic mass is 16.5. The smallest absolute Gasteiger partial charge is 0.258 e. The Labute approximate surface area is 171 Å². The molecule has 0 amide bonds. The third-order valence-electron chi connectivity index (χ3n) is 4.48. The highest BCUT2D eigenvalue weighted by molar-refractivity contribution is 5.64. The molecule has 1 fully saturated rings. The van der Waals surface area contributed by atoms with Crippen molar-refractivity contribution in [3.8, 4) is 34.7 Å². The Morgan fingerprint density at radius 3 is 2.52 bits per heavy atom. The molecule has 0 saturated carbocycles. The van der Waals surface area contributed by atoms with Crippen molar-refractivity contribution in [3.05, 3.63) is 53.6 Å². The number of ether oxygens (including phenoxy) is 1. The van der Waals surface area contributed by atoms with E-state index in [1.165, 1.54) is 25.9 Å². The number of aryl methyl sites for hydroxylation is 1. The first kappa shape index (κ1) is 20.6. The summed E-state index contributed by atoms with van der Waals surface area (Å²) in [6.45, 7) is 8.33. The van der Waals surface area contributed by atoms with Crippen LogP contribution in [0.4, 0.5) is 0 Å².